The molecule has 0 fully saturated rings. The lowest BCUT2D eigenvalue weighted by atomic mass is 10.1. The van der Waals surface area contributed by atoms with Crippen molar-refractivity contribution in [3.8, 4) is 5.75 Å². The molecule has 6 heteroatoms. The maximum atomic E-state index is 5.46. The molecule has 3 rings (SSSR count). The molecular formula is C21H27IN4O. The summed E-state index contributed by atoms with van der Waals surface area (Å²) in [5, 5.41) is 7.95. The van der Waals surface area contributed by atoms with E-state index in [1.807, 2.05) is 12.1 Å². The fourth-order valence-electron chi connectivity index (χ4n) is 2.98. The monoisotopic (exact) mass is 478 g/mol. The van der Waals surface area contributed by atoms with Gasteiger partial charge in [-0.2, -0.15) is 0 Å². The first-order chi connectivity index (χ1) is 12.7. The van der Waals surface area contributed by atoms with Crippen LogP contribution in [0.4, 0.5) is 0 Å². The fourth-order valence-corrected chi connectivity index (χ4v) is 2.98. The Balaban J connectivity index is 0.00000261. The summed E-state index contributed by atoms with van der Waals surface area (Å²) in [7, 11) is 3.48. The van der Waals surface area contributed by atoms with E-state index in [9.17, 15) is 0 Å². The molecule has 5 nitrogen and oxygen atoms in total. The second-order valence-corrected chi connectivity index (χ2v) is 6.30. The van der Waals surface area contributed by atoms with Gasteiger partial charge in [-0.3, -0.25) is 4.99 Å². The quantitative estimate of drug-likeness (QED) is 0.285. The van der Waals surface area contributed by atoms with Gasteiger partial charge in [-0.15, -0.1) is 24.0 Å². The van der Waals surface area contributed by atoms with Crippen LogP contribution in [-0.2, 0) is 13.0 Å². The van der Waals surface area contributed by atoms with E-state index in [4.69, 9.17) is 4.74 Å². The molecule has 3 aromatic rings. The zero-order valence-electron chi connectivity index (χ0n) is 16.0. The molecule has 3 N–H and O–H groups in total. The van der Waals surface area contributed by atoms with Crippen LogP contribution in [0.3, 0.4) is 0 Å². The normalized spacial score (nSPS) is 11.1. The number of fused-ring (bicyclic) bond motifs is 1. The van der Waals surface area contributed by atoms with Crippen LogP contribution in [0.1, 0.15) is 16.8 Å². The molecule has 0 aliphatic heterocycles. The van der Waals surface area contributed by atoms with E-state index in [0.29, 0.717) is 6.54 Å². The highest BCUT2D eigenvalue weighted by Crippen LogP contribution is 2.19. The summed E-state index contributed by atoms with van der Waals surface area (Å²) in [5.74, 6) is 1.68. The molecule has 0 spiro atoms. The van der Waals surface area contributed by atoms with Crippen molar-refractivity contribution in [2.24, 2.45) is 4.99 Å². The lowest BCUT2D eigenvalue weighted by molar-refractivity contribution is 0.408. The van der Waals surface area contributed by atoms with Crippen LogP contribution in [0.15, 0.2) is 53.5 Å². The SMILES string of the molecule is CN=C(NCCc1cc2ccccc2[nH]1)NCc1ccc(C)cc1OC.I. The largest absolute Gasteiger partial charge is 0.496 e. The number of benzene rings is 2. The number of aromatic nitrogens is 1. The third kappa shape index (κ3) is 5.63. The van der Waals surface area contributed by atoms with Crippen LogP contribution < -0.4 is 15.4 Å². The Hall–Kier alpha value is -2.22. The van der Waals surface area contributed by atoms with Crippen molar-refractivity contribution < 1.29 is 4.74 Å². The third-order valence-electron chi connectivity index (χ3n) is 4.39. The van der Waals surface area contributed by atoms with Gasteiger partial charge in [-0.05, 0) is 36.1 Å². The van der Waals surface area contributed by atoms with Crippen molar-refractivity contribution in [3.63, 3.8) is 0 Å². The van der Waals surface area contributed by atoms with E-state index in [-0.39, 0.29) is 24.0 Å². The minimum atomic E-state index is 0. The molecule has 0 radical (unpaired) electrons. The predicted molar refractivity (Wildman–Crippen MR) is 123 cm³/mol. The van der Waals surface area contributed by atoms with Crippen LogP contribution in [0.2, 0.25) is 0 Å². The average molecular weight is 478 g/mol. The third-order valence-corrected chi connectivity index (χ3v) is 4.39. The summed E-state index contributed by atoms with van der Waals surface area (Å²) < 4.78 is 5.46. The maximum Gasteiger partial charge on any atom is 0.191 e. The minimum absolute atomic E-state index is 0. The smallest absolute Gasteiger partial charge is 0.191 e. The number of hydrogen-bond donors (Lipinski definition) is 3. The van der Waals surface area contributed by atoms with Crippen molar-refractivity contribution >= 4 is 40.8 Å². The number of aliphatic imine (C=N–C) groups is 1. The molecule has 0 amide bonds. The van der Waals surface area contributed by atoms with Gasteiger partial charge in [0, 0.05) is 43.3 Å². The molecule has 27 heavy (non-hydrogen) atoms. The Morgan fingerprint density at radius 2 is 1.93 bits per heavy atom. The Morgan fingerprint density at radius 3 is 2.67 bits per heavy atom. The maximum absolute atomic E-state index is 5.46. The van der Waals surface area contributed by atoms with E-state index in [0.717, 1.165) is 30.2 Å². The Morgan fingerprint density at radius 1 is 1.11 bits per heavy atom. The zero-order chi connectivity index (χ0) is 18.4. The molecule has 0 aliphatic rings. The standard InChI is InChI=1S/C21H26N4O.HI/c1-15-8-9-17(20(12-15)26-3)14-24-21(22-2)23-11-10-18-13-16-6-4-5-7-19(16)25-18;/h4-9,12-13,25H,10-11,14H2,1-3H3,(H2,22,23,24);1H. The van der Waals surface area contributed by atoms with E-state index in [2.05, 4.69) is 63.9 Å². The first-order valence-electron chi connectivity index (χ1n) is 8.84. The number of rotatable bonds is 6. The Kier molecular flexibility index (Phi) is 7.97. The van der Waals surface area contributed by atoms with Gasteiger partial charge in [0.2, 0.25) is 0 Å². The second kappa shape index (κ2) is 10.2. The van der Waals surface area contributed by atoms with E-state index < -0.39 is 0 Å². The topological polar surface area (TPSA) is 61.4 Å². The number of aromatic amines is 1. The highest BCUT2D eigenvalue weighted by molar-refractivity contribution is 14.0. The highest BCUT2D eigenvalue weighted by Gasteiger charge is 2.05. The number of nitrogens with zero attached hydrogens (tertiary/aromatic N) is 1. The number of guanidine groups is 1. The van der Waals surface area contributed by atoms with E-state index >= 15 is 0 Å². The number of hydrogen-bond acceptors (Lipinski definition) is 2. The van der Waals surface area contributed by atoms with Crippen molar-refractivity contribution in [1.29, 1.82) is 0 Å². The molecule has 0 aliphatic carbocycles. The van der Waals surface area contributed by atoms with Crippen LogP contribution >= 0.6 is 24.0 Å². The number of H-pyrrole nitrogens is 1. The number of ether oxygens (including phenoxy) is 1. The Labute approximate surface area is 177 Å². The summed E-state index contributed by atoms with van der Waals surface area (Å²) in [6, 6.07) is 16.7. The highest BCUT2D eigenvalue weighted by atomic mass is 127. The molecule has 0 unspecified atom stereocenters. The molecular weight excluding hydrogens is 451 g/mol. The van der Waals surface area contributed by atoms with Gasteiger partial charge in [-0.25, -0.2) is 0 Å². The average Bonchev–Trinajstić information content (AvgIpc) is 3.08. The number of para-hydroxylation sites is 1. The molecule has 0 bridgehead atoms. The van der Waals surface area contributed by atoms with Gasteiger partial charge >= 0.3 is 0 Å². The molecule has 0 saturated heterocycles. The van der Waals surface area contributed by atoms with Crippen molar-refractivity contribution in [3.05, 3.63) is 65.4 Å². The number of aryl methyl sites for hydroxylation is 1. The summed E-state index contributed by atoms with van der Waals surface area (Å²) in [6.07, 6.45) is 0.906. The minimum Gasteiger partial charge on any atom is -0.496 e. The molecule has 0 atom stereocenters. The number of nitrogens with one attached hydrogen (secondary N) is 3. The van der Waals surface area contributed by atoms with Crippen molar-refractivity contribution in [1.82, 2.24) is 15.6 Å². The number of methoxy groups -OCH3 is 1. The molecule has 144 valence electrons. The summed E-state index contributed by atoms with van der Waals surface area (Å²) in [6.45, 7) is 3.53. The fraction of sp³-hybridized carbons (Fsp3) is 0.286. The lowest BCUT2D eigenvalue weighted by Gasteiger charge is -2.14. The first kappa shape index (κ1) is 21.1. The van der Waals surface area contributed by atoms with Crippen LogP contribution in [-0.4, -0.2) is 31.6 Å². The van der Waals surface area contributed by atoms with E-state index in [1.165, 1.54) is 22.2 Å². The first-order valence-corrected chi connectivity index (χ1v) is 8.84. The zero-order valence-corrected chi connectivity index (χ0v) is 18.3. The molecule has 2 aromatic carbocycles. The van der Waals surface area contributed by atoms with Crippen molar-refractivity contribution in [2.75, 3.05) is 20.7 Å². The van der Waals surface area contributed by atoms with Gasteiger partial charge in [0.25, 0.3) is 0 Å². The van der Waals surface area contributed by atoms with Gasteiger partial charge in [0.05, 0.1) is 7.11 Å². The summed E-state index contributed by atoms with van der Waals surface area (Å²) >= 11 is 0. The van der Waals surface area contributed by atoms with Gasteiger partial charge in [-0.1, -0.05) is 30.3 Å². The molecule has 1 aromatic heterocycles. The van der Waals surface area contributed by atoms with Gasteiger partial charge in [0.1, 0.15) is 5.75 Å². The second-order valence-electron chi connectivity index (χ2n) is 6.30. The van der Waals surface area contributed by atoms with Crippen molar-refractivity contribution in [2.45, 2.75) is 19.9 Å². The summed E-state index contributed by atoms with van der Waals surface area (Å²) in [4.78, 5) is 7.74. The molecule has 1 heterocycles. The van der Waals surface area contributed by atoms with E-state index in [1.54, 1.807) is 14.2 Å². The van der Waals surface area contributed by atoms with Gasteiger partial charge in [0.15, 0.2) is 5.96 Å². The van der Waals surface area contributed by atoms with Crippen LogP contribution in [0.5, 0.6) is 5.75 Å². The van der Waals surface area contributed by atoms with Gasteiger partial charge < -0.3 is 20.4 Å². The van der Waals surface area contributed by atoms with Crippen LogP contribution in [0.25, 0.3) is 10.9 Å². The predicted octanol–water partition coefficient (Wildman–Crippen LogP) is 4.01. The van der Waals surface area contributed by atoms with Crippen LogP contribution in [0, 0.1) is 6.92 Å². The molecule has 0 saturated carbocycles. The Bertz CT molecular complexity index is 871. The number of halogens is 1. The lowest BCUT2D eigenvalue weighted by Crippen LogP contribution is -2.37. The summed E-state index contributed by atoms with van der Waals surface area (Å²) in [5.41, 5.74) is 4.69.